The van der Waals surface area contributed by atoms with E-state index in [9.17, 15) is 8.78 Å². The molecule has 0 bridgehead atoms. The third kappa shape index (κ3) is 3.82. The van der Waals surface area contributed by atoms with Crippen molar-refractivity contribution < 1.29 is 13.5 Å². The number of anilines is 1. The van der Waals surface area contributed by atoms with Crippen molar-refractivity contribution in [1.29, 1.82) is 0 Å². The smallest absolute Gasteiger partial charge is 0.135 e. The normalized spacial score (nSPS) is 18.8. The molecule has 0 amide bonds. The number of rotatable bonds is 4. The Bertz CT molecular complexity index is 1350. The first-order valence-electron chi connectivity index (χ1n) is 11.1. The van der Waals surface area contributed by atoms with Crippen LogP contribution in [0.2, 0.25) is 0 Å². The molecule has 1 saturated carbocycles. The molecule has 1 aliphatic carbocycles. The number of fused-ring (bicyclic) bond motifs is 1. The summed E-state index contributed by atoms with van der Waals surface area (Å²) in [5.74, 6) is -0.666. The van der Waals surface area contributed by atoms with Crippen molar-refractivity contribution >= 4 is 16.9 Å². The van der Waals surface area contributed by atoms with E-state index in [0.29, 0.717) is 48.3 Å². The van der Waals surface area contributed by atoms with Gasteiger partial charge in [-0.3, -0.25) is 9.67 Å². The zero-order valence-electron chi connectivity index (χ0n) is 18.1. The van der Waals surface area contributed by atoms with Crippen LogP contribution in [0, 0.1) is 18.6 Å². The van der Waals surface area contributed by atoms with Crippen LogP contribution in [0.5, 0.6) is 0 Å². The first-order chi connectivity index (χ1) is 16.0. The van der Waals surface area contributed by atoms with Gasteiger partial charge in [0, 0.05) is 48.7 Å². The van der Waals surface area contributed by atoms with Crippen molar-refractivity contribution in [2.45, 2.75) is 31.9 Å². The molecule has 7 nitrogen and oxygen atoms in total. The van der Waals surface area contributed by atoms with Crippen molar-refractivity contribution in [3.8, 4) is 11.3 Å². The number of aromatic nitrogens is 5. The van der Waals surface area contributed by atoms with Gasteiger partial charge in [0.1, 0.15) is 34.8 Å². The summed E-state index contributed by atoms with van der Waals surface area (Å²) in [5, 5.41) is 4.48. The summed E-state index contributed by atoms with van der Waals surface area (Å²) in [6.07, 6.45) is 7.75. The maximum absolute atomic E-state index is 14.7. The van der Waals surface area contributed by atoms with Gasteiger partial charge in [0.25, 0.3) is 0 Å². The molecule has 4 heterocycles. The lowest BCUT2D eigenvalue weighted by atomic mass is 10.1. The van der Waals surface area contributed by atoms with Gasteiger partial charge >= 0.3 is 0 Å². The van der Waals surface area contributed by atoms with Crippen molar-refractivity contribution in [3.05, 3.63) is 65.7 Å². The first-order valence-corrected chi connectivity index (χ1v) is 11.1. The zero-order chi connectivity index (χ0) is 22.5. The fraction of sp³-hybridized carbons (Fsp3) is 0.333. The van der Waals surface area contributed by atoms with Gasteiger partial charge < -0.3 is 9.64 Å². The Morgan fingerprint density at radius 3 is 2.79 bits per heavy atom. The number of hydrogen-bond acceptors (Lipinski definition) is 6. The minimum absolute atomic E-state index is 0.140. The molecule has 0 spiro atoms. The Hall–Kier alpha value is -3.46. The van der Waals surface area contributed by atoms with E-state index in [1.807, 2.05) is 23.9 Å². The predicted molar refractivity (Wildman–Crippen MR) is 119 cm³/mol. The van der Waals surface area contributed by atoms with E-state index in [0.717, 1.165) is 17.3 Å². The standard InChI is InChI=1S/C24H22F2N6O/c1-14-10-27-24-20(29-14)9-22(30-23(24)18-5-2-16(25)8-19(18)26)31-6-7-33-21(13-31)15-11-28-32(12-15)17-3-4-17/h2,5,8-12,17,21H,3-4,6-7,13H2,1H3/t21-/m1/s1. The topological polar surface area (TPSA) is 69.0 Å². The maximum Gasteiger partial charge on any atom is 0.135 e. The number of morpholine rings is 1. The molecule has 33 heavy (non-hydrogen) atoms. The summed E-state index contributed by atoms with van der Waals surface area (Å²) in [6.45, 7) is 3.60. The fourth-order valence-corrected chi connectivity index (χ4v) is 4.25. The summed E-state index contributed by atoms with van der Waals surface area (Å²) in [5.41, 5.74) is 3.41. The highest BCUT2D eigenvalue weighted by atomic mass is 19.1. The molecule has 6 rings (SSSR count). The van der Waals surface area contributed by atoms with E-state index < -0.39 is 11.6 Å². The SMILES string of the molecule is Cc1cnc2c(-c3ccc(F)cc3F)nc(N3CCO[C@@H](c4cnn(C5CC5)c4)C3)cc2n1. The molecule has 9 heteroatoms. The van der Waals surface area contributed by atoms with E-state index >= 15 is 0 Å². The minimum atomic E-state index is -0.685. The quantitative estimate of drug-likeness (QED) is 0.461. The van der Waals surface area contributed by atoms with Gasteiger partial charge in [-0.2, -0.15) is 5.10 Å². The van der Waals surface area contributed by atoms with Gasteiger partial charge in [-0.1, -0.05) is 0 Å². The molecule has 168 valence electrons. The van der Waals surface area contributed by atoms with E-state index in [4.69, 9.17) is 9.72 Å². The largest absolute Gasteiger partial charge is 0.370 e. The van der Waals surface area contributed by atoms with E-state index in [-0.39, 0.29) is 11.7 Å². The van der Waals surface area contributed by atoms with Gasteiger partial charge in [0.2, 0.25) is 0 Å². The second-order valence-electron chi connectivity index (χ2n) is 8.62. The highest BCUT2D eigenvalue weighted by Crippen LogP contribution is 2.36. The number of aryl methyl sites for hydroxylation is 1. The first kappa shape index (κ1) is 20.2. The van der Waals surface area contributed by atoms with Gasteiger partial charge in [0.15, 0.2) is 0 Å². The Morgan fingerprint density at radius 1 is 1.09 bits per heavy atom. The molecule has 0 N–H and O–H groups in total. The highest BCUT2D eigenvalue weighted by Gasteiger charge is 2.29. The van der Waals surface area contributed by atoms with Crippen LogP contribution in [0.3, 0.4) is 0 Å². The lowest BCUT2D eigenvalue weighted by Crippen LogP contribution is -2.38. The molecule has 2 fully saturated rings. The number of nitrogens with zero attached hydrogens (tertiary/aromatic N) is 6. The fourth-order valence-electron chi connectivity index (χ4n) is 4.25. The van der Waals surface area contributed by atoms with E-state index in [1.165, 1.54) is 25.0 Å². The third-order valence-electron chi connectivity index (χ3n) is 6.13. The Morgan fingerprint density at radius 2 is 1.97 bits per heavy atom. The average molecular weight is 448 g/mol. The van der Waals surface area contributed by atoms with Crippen molar-refractivity contribution in [3.63, 3.8) is 0 Å². The van der Waals surface area contributed by atoms with Crippen molar-refractivity contribution in [2.24, 2.45) is 0 Å². The molecular formula is C24H22F2N6O. The van der Waals surface area contributed by atoms with Crippen molar-refractivity contribution in [1.82, 2.24) is 24.7 Å². The van der Waals surface area contributed by atoms with Crippen LogP contribution in [-0.2, 0) is 4.74 Å². The molecular weight excluding hydrogens is 426 g/mol. The van der Waals surface area contributed by atoms with Gasteiger partial charge in [0.05, 0.1) is 30.1 Å². The molecule has 1 saturated heterocycles. The second kappa shape index (κ2) is 7.84. The summed E-state index contributed by atoms with van der Waals surface area (Å²) < 4.78 is 36.3. The molecule has 0 radical (unpaired) electrons. The summed E-state index contributed by atoms with van der Waals surface area (Å²) in [7, 11) is 0. The van der Waals surface area contributed by atoms with Gasteiger partial charge in [-0.05, 0) is 31.9 Å². The second-order valence-corrected chi connectivity index (χ2v) is 8.62. The van der Waals surface area contributed by atoms with E-state index in [1.54, 1.807) is 6.20 Å². The number of ether oxygens (including phenoxy) is 1. The summed E-state index contributed by atoms with van der Waals surface area (Å²) >= 11 is 0. The van der Waals surface area contributed by atoms with Crippen LogP contribution >= 0.6 is 0 Å². The highest BCUT2D eigenvalue weighted by molar-refractivity contribution is 5.91. The molecule has 3 aromatic heterocycles. The molecule has 0 unspecified atom stereocenters. The molecule has 1 aliphatic heterocycles. The predicted octanol–water partition coefficient (Wildman–Crippen LogP) is 4.39. The zero-order valence-corrected chi connectivity index (χ0v) is 18.1. The Labute approximate surface area is 189 Å². The molecule has 2 aliphatic rings. The van der Waals surface area contributed by atoms with Crippen LogP contribution in [0.1, 0.15) is 36.2 Å². The van der Waals surface area contributed by atoms with Crippen LogP contribution in [0.25, 0.3) is 22.3 Å². The Kier molecular flexibility index (Phi) is 4.79. The van der Waals surface area contributed by atoms with Crippen LogP contribution in [0.15, 0.2) is 42.9 Å². The van der Waals surface area contributed by atoms with E-state index in [2.05, 4.69) is 26.2 Å². The Balaban J connectivity index is 1.39. The monoisotopic (exact) mass is 448 g/mol. The summed E-state index contributed by atoms with van der Waals surface area (Å²) in [6, 6.07) is 5.86. The van der Waals surface area contributed by atoms with Crippen LogP contribution in [0.4, 0.5) is 14.6 Å². The number of hydrogen-bond donors (Lipinski definition) is 0. The number of benzene rings is 1. The third-order valence-corrected chi connectivity index (χ3v) is 6.13. The van der Waals surface area contributed by atoms with Crippen LogP contribution in [-0.4, -0.2) is 44.4 Å². The summed E-state index contributed by atoms with van der Waals surface area (Å²) in [4.78, 5) is 15.9. The maximum atomic E-state index is 14.7. The average Bonchev–Trinajstić information content (AvgIpc) is 3.54. The van der Waals surface area contributed by atoms with Gasteiger partial charge in [-0.25, -0.2) is 18.7 Å². The molecule has 1 aromatic carbocycles. The number of halogens is 2. The van der Waals surface area contributed by atoms with Crippen molar-refractivity contribution in [2.75, 3.05) is 24.6 Å². The lowest BCUT2D eigenvalue weighted by molar-refractivity contribution is 0.0395. The van der Waals surface area contributed by atoms with Gasteiger partial charge in [-0.15, -0.1) is 0 Å². The minimum Gasteiger partial charge on any atom is -0.370 e. The molecule has 1 atom stereocenters. The lowest BCUT2D eigenvalue weighted by Gasteiger charge is -2.33. The molecule has 4 aromatic rings. The van der Waals surface area contributed by atoms with Crippen LogP contribution < -0.4 is 4.90 Å². The number of pyridine rings is 1.